The second-order valence-electron chi connectivity index (χ2n) is 3.06. The second-order valence-corrected chi connectivity index (χ2v) is 3.97. The molecule has 0 spiro atoms. The van der Waals surface area contributed by atoms with E-state index >= 15 is 0 Å². The monoisotopic (exact) mass is 176 g/mol. The molecule has 1 heterocycles. The number of hydrogen-bond acceptors (Lipinski definition) is 1. The summed E-state index contributed by atoms with van der Waals surface area (Å²) in [7, 11) is 0. The molecule has 0 bridgehead atoms. The van der Waals surface area contributed by atoms with Gasteiger partial charge in [0.25, 0.3) is 0 Å². The van der Waals surface area contributed by atoms with Gasteiger partial charge in [-0.05, 0) is 41.3 Å². The number of thiophene rings is 1. The van der Waals surface area contributed by atoms with Crippen molar-refractivity contribution in [1.29, 1.82) is 0 Å². The Morgan fingerprint density at radius 1 is 1.25 bits per heavy atom. The highest BCUT2D eigenvalue weighted by Gasteiger charge is 2.01. The van der Waals surface area contributed by atoms with Gasteiger partial charge in [0.05, 0.1) is 0 Å². The summed E-state index contributed by atoms with van der Waals surface area (Å²) in [4.78, 5) is 0. The van der Waals surface area contributed by atoms with Crippen LogP contribution in [0.4, 0.5) is 0 Å². The Morgan fingerprint density at radius 3 is 2.83 bits per heavy atom. The zero-order valence-corrected chi connectivity index (χ0v) is 8.24. The number of fused-ring (bicyclic) bond motifs is 1. The average Bonchev–Trinajstić information content (AvgIpc) is 2.54. The summed E-state index contributed by atoms with van der Waals surface area (Å²) in [5.74, 6) is 0. The zero-order chi connectivity index (χ0) is 8.55. The van der Waals surface area contributed by atoms with Gasteiger partial charge in [0.15, 0.2) is 0 Å². The minimum absolute atomic E-state index is 1.13. The molecular weight excluding hydrogens is 164 g/mol. The lowest BCUT2D eigenvalue weighted by Gasteiger charge is -2.01. The summed E-state index contributed by atoms with van der Waals surface area (Å²) in [5.41, 5.74) is 2.87. The molecule has 1 aromatic heterocycles. The molecule has 1 heteroatoms. The van der Waals surface area contributed by atoms with Crippen molar-refractivity contribution in [3.05, 3.63) is 34.7 Å². The van der Waals surface area contributed by atoms with Gasteiger partial charge in [0, 0.05) is 4.70 Å². The summed E-state index contributed by atoms with van der Waals surface area (Å²) in [6.07, 6.45) is 1.13. The van der Waals surface area contributed by atoms with Gasteiger partial charge >= 0.3 is 0 Å². The van der Waals surface area contributed by atoms with E-state index in [0.717, 1.165) is 6.42 Å². The third-order valence-electron chi connectivity index (χ3n) is 2.28. The third-order valence-corrected chi connectivity index (χ3v) is 3.33. The number of hydrogen-bond donors (Lipinski definition) is 0. The minimum atomic E-state index is 1.13. The van der Waals surface area contributed by atoms with Gasteiger partial charge in [-0.3, -0.25) is 0 Å². The maximum Gasteiger partial charge on any atom is 0.0374 e. The van der Waals surface area contributed by atoms with Gasteiger partial charge in [0.2, 0.25) is 0 Å². The largest absolute Gasteiger partial charge is 0.144 e. The molecule has 0 amide bonds. The molecule has 0 atom stereocenters. The van der Waals surface area contributed by atoms with Crippen LogP contribution < -0.4 is 0 Å². The Bertz CT molecular complexity index is 398. The highest BCUT2D eigenvalue weighted by atomic mass is 32.1. The Hall–Kier alpha value is -0.820. The maximum atomic E-state index is 2.24. The van der Waals surface area contributed by atoms with E-state index in [4.69, 9.17) is 0 Å². The van der Waals surface area contributed by atoms with E-state index in [-0.39, 0.29) is 0 Å². The van der Waals surface area contributed by atoms with Crippen molar-refractivity contribution in [2.24, 2.45) is 0 Å². The van der Waals surface area contributed by atoms with E-state index in [1.54, 1.807) is 0 Å². The highest BCUT2D eigenvalue weighted by Crippen LogP contribution is 2.27. The predicted octanol–water partition coefficient (Wildman–Crippen LogP) is 3.77. The molecule has 0 saturated heterocycles. The molecule has 0 aliphatic rings. The Labute approximate surface area is 76.8 Å². The Morgan fingerprint density at radius 2 is 2.08 bits per heavy atom. The highest BCUT2D eigenvalue weighted by molar-refractivity contribution is 7.17. The van der Waals surface area contributed by atoms with Gasteiger partial charge in [-0.15, -0.1) is 11.3 Å². The maximum absolute atomic E-state index is 2.24. The molecule has 0 unspecified atom stereocenters. The van der Waals surface area contributed by atoms with Crippen LogP contribution in [0.5, 0.6) is 0 Å². The van der Waals surface area contributed by atoms with Crippen molar-refractivity contribution in [3.63, 3.8) is 0 Å². The number of benzene rings is 1. The first-order valence-corrected chi connectivity index (χ1v) is 5.16. The van der Waals surface area contributed by atoms with Gasteiger partial charge in [-0.1, -0.05) is 19.1 Å². The van der Waals surface area contributed by atoms with Crippen LogP contribution in [0.1, 0.15) is 18.1 Å². The van der Waals surface area contributed by atoms with Crippen molar-refractivity contribution < 1.29 is 0 Å². The molecule has 0 N–H and O–H groups in total. The fourth-order valence-electron chi connectivity index (χ4n) is 1.57. The van der Waals surface area contributed by atoms with Crippen LogP contribution in [0.3, 0.4) is 0 Å². The van der Waals surface area contributed by atoms with Gasteiger partial charge in [0.1, 0.15) is 0 Å². The van der Waals surface area contributed by atoms with Crippen molar-refractivity contribution in [2.45, 2.75) is 20.3 Å². The lowest BCUT2D eigenvalue weighted by Crippen LogP contribution is -1.81. The van der Waals surface area contributed by atoms with Crippen molar-refractivity contribution in [1.82, 2.24) is 0 Å². The molecule has 2 aromatic rings. The Balaban J connectivity index is 2.82. The van der Waals surface area contributed by atoms with Crippen LogP contribution in [-0.4, -0.2) is 0 Å². The molecule has 0 radical (unpaired) electrons. The van der Waals surface area contributed by atoms with E-state index in [9.17, 15) is 0 Å². The smallest absolute Gasteiger partial charge is 0.0374 e. The first-order chi connectivity index (χ1) is 5.83. The molecular formula is C11H12S. The predicted molar refractivity (Wildman–Crippen MR) is 55.9 cm³/mol. The quantitative estimate of drug-likeness (QED) is 0.620. The van der Waals surface area contributed by atoms with Gasteiger partial charge in [-0.2, -0.15) is 0 Å². The summed E-state index contributed by atoms with van der Waals surface area (Å²) in [6.45, 7) is 4.39. The minimum Gasteiger partial charge on any atom is -0.144 e. The van der Waals surface area contributed by atoms with E-state index in [2.05, 4.69) is 37.4 Å². The van der Waals surface area contributed by atoms with E-state index < -0.39 is 0 Å². The summed E-state index contributed by atoms with van der Waals surface area (Å²) in [5, 5.41) is 3.62. The van der Waals surface area contributed by atoms with Crippen LogP contribution in [0.2, 0.25) is 0 Å². The van der Waals surface area contributed by atoms with Crippen molar-refractivity contribution in [3.8, 4) is 0 Å². The van der Waals surface area contributed by atoms with Crippen LogP contribution in [-0.2, 0) is 6.42 Å². The molecule has 0 fully saturated rings. The summed E-state index contributed by atoms with van der Waals surface area (Å²) >= 11 is 1.84. The van der Waals surface area contributed by atoms with Crippen LogP contribution in [0.15, 0.2) is 23.6 Å². The van der Waals surface area contributed by atoms with Crippen LogP contribution in [0, 0.1) is 6.92 Å². The van der Waals surface area contributed by atoms with Gasteiger partial charge < -0.3 is 0 Å². The average molecular weight is 176 g/mol. The SMILES string of the molecule is CCc1ccc(C)c2sccc12. The summed E-state index contributed by atoms with van der Waals surface area (Å²) < 4.78 is 1.45. The normalized spacial score (nSPS) is 10.8. The number of aryl methyl sites for hydroxylation is 2. The molecule has 0 aliphatic heterocycles. The lowest BCUT2D eigenvalue weighted by atomic mass is 10.1. The van der Waals surface area contributed by atoms with Gasteiger partial charge in [-0.25, -0.2) is 0 Å². The zero-order valence-electron chi connectivity index (χ0n) is 7.42. The lowest BCUT2D eigenvalue weighted by molar-refractivity contribution is 1.16. The van der Waals surface area contributed by atoms with E-state index in [1.165, 1.54) is 21.2 Å². The van der Waals surface area contributed by atoms with Crippen LogP contribution in [0.25, 0.3) is 10.1 Å². The van der Waals surface area contributed by atoms with Crippen LogP contribution >= 0.6 is 11.3 Å². The molecule has 2 rings (SSSR count). The molecule has 12 heavy (non-hydrogen) atoms. The molecule has 0 aliphatic carbocycles. The summed E-state index contributed by atoms with van der Waals surface area (Å²) in [6, 6.07) is 6.69. The molecule has 1 aromatic carbocycles. The Kier molecular flexibility index (Phi) is 1.89. The first kappa shape index (κ1) is 7.81. The molecule has 62 valence electrons. The topological polar surface area (TPSA) is 0 Å². The first-order valence-electron chi connectivity index (χ1n) is 4.28. The third kappa shape index (κ3) is 1.05. The number of rotatable bonds is 1. The van der Waals surface area contributed by atoms with E-state index in [1.807, 2.05) is 11.3 Å². The molecule has 0 saturated carbocycles. The fourth-order valence-corrected chi connectivity index (χ4v) is 2.49. The standard InChI is InChI=1S/C11H12S/c1-3-9-5-4-8(2)11-10(9)6-7-12-11/h4-7H,3H2,1-2H3. The van der Waals surface area contributed by atoms with E-state index in [0.29, 0.717) is 0 Å². The second kappa shape index (κ2) is 2.91. The van der Waals surface area contributed by atoms with Crippen molar-refractivity contribution in [2.75, 3.05) is 0 Å². The fraction of sp³-hybridized carbons (Fsp3) is 0.273. The molecule has 0 nitrogen and oxygen atoms in total. The van der Waals surface area contributed by atoms with Crippen molar-refractivity contribution >= 4 is 21.4 Å².